The standard InChI is InChI=1S/C33H41N3O4S/c1-24-12-11-13-28(21-24)22-35(27(4)33(38)34-29-14-7-5-8-15-29)32(37)23-36(31-19-18-25(2)20-26(31)3)41(39,40)30-16-9-6-10-17-30/h6,9-13,16-21,27,29H,5,7-8,14-15,22-23H2,1-4H3,(H,34,38)/t27-/m1/s1. The second-order valence-electron chi connectivity index (χ2n) is 11.1. The summed E-state index contributed by atoms with van der Waals surface area (Å²) in [5.41, 5.74) is 4.08. The van der Waals surface area contributed by atoms with Gasteiger partial charge in [-0.15, -0.1) is 0 Å². The molecule has 0 heterocycles. The molecule has 0 spiro atoms. The number of hydrogen-bond donors (Lipinski definition) is 1. The van der Waals surface area contributed by atoms with Gasteiger partial charge in [-0.25, -0.2) is 8.42 Å². The molecule has 0 unspecified atom stereocenters. The van der Waals surface area contributed by atoms with Crippen LogP contribution in [0.1, 0.15) is 61.3 Å². The van der Waals surface area contributed by atoms with Crippen molar-refractivity contribution in [2.75, 3.05) is 10.8 Å². The van der Waals surface area contributed by atoms with E-state index in [1.165, 1.54) is 27.8 Å². The number of carbonyl (C=O) groups excluding carboxylic acids is 2. The van der Waals surface area contributed by atoms with Crippen molar-refractivity contribution in [2.24, 2.45) is 0 Å². The van der Waals surface area contributed by atoms with Crippen LogP contribution in [0, 0.1) is 20.8 Å². The number of nitrogens with zero attached hydrogens (tertiary/aromatic N) is 2. The van der Waals surface area contributed by atoms with E-state index in [-0.39, 0.29) is 23.4 Å². The summed E-state index contributed by atoms with van der Waals surface area (Å²) in [6, 6.07) is 20.7. The highest BCUT2D eigenvalue weighted by Crippen LogP contribution is 2.28. The average molecular weight is 576 g/mol. The summed E-state index contributed by atoms with van der Waals surface area (Å²) in [6.07, 6.45) is 5.19. The molecule has 0 saturated heterocycles. The van der Waals surface area contributed by atoms with Crippen molar-refractivity contribution < 1.29 is 18.0 Å². The molecule has 7 nitrogen and oxygen atoms in total. The number of benzene rings is 3. The Labute approximate surface area is 244 Å². The second-order valence-corrected chi connectivity index (χ2v) is 13.0. The van der Waals surface area contributed by atoms with Crippen LogP contribution in [0.15, 0.2) is 77.7 Å². The molecule has 8 heteroatoms. The molecule has 2 amide bonds. The fourth-order valence-electron chi connectivity index (χ4n) is 5.48. The largest absolute Gasteiger partial charge is 0.352 e. The lowest BCUT2D eigenvalue weighted by Gasteiger charge is -2.33. The van der Waals surface area contributed by atoms with Crippen LogP contribution in [-0.2, 0) is 26.2 Å². The third kappa shape index (κ3) is 7.55. The quantitative estimate of drug-likeness (QED) is 0.337. The number of amides is 2. The summed E-state index contributed by atoms with van der Waals surface area (Å²) >= 11 is 0. The first-order valence-corrected chi connectivity index (χ1v) is 15.8. The first-order valence-electron chi connectivity index (χ1n) is 14.4. The summed E-state index contributed by atoms with van der Waals surface area (Å²) in [5, 5.41) is 3.14. The van der Waals surface area contributed by atoms with Gasteiger partial charge in [-0.2, -0.15) is 0 Å². The monoisotopic (exact) mass is 575 g/mol. The van der Waals surface area contributed by atoms with Crippen LogP contribution in [-0.4, -0.2) is 43.8 Å². The second kappa shape index (κ2) is 13.3. The normalized spacial score (nSPS) is 14.7. The number of aryl methyl sites for hydroxylation is 3. The summed E-state index contributed by atoms with van der Waals surface area (Å²) in [5.74, 6) is -0.667. The maximum absolute atomic E-state index is 14.2. The third-order valence-corrected chi connectivity index (χ3v) is 9.56. The number of sulfonamides is 1. The van der Waals surface area contributed by atoms with Gasteiger partial charge in [0.15, 0.2) is 0 Å². The Balaban J connectivity index is 1.69. The van der Waals surface area contributed by atoms with Crippen molar-refractivity contribution in [1.29, 1.82) is 0 Å². The van der Waals surface area contributed by atoms with Gasteiger partial charge < -0.3 is 10.2 Å². The van der Waals surface area contributed by atoms with E-state index >= 15 is 0 Å². The zero-order chi connectivity index (χ0) is 29.6. The molecule has 0 aromatic heterocycles. The predicted octanol–water partition coefficient (Wildman–Crippen LogP) is 5.67. The summed E-state index contributed by atoms with van der Waals surface area (Å²) in [7, 11) is -4.08. The number of anilines is 1. The van der Waals surface area contributed by atoms with Gasteiger partial charge in [-0.05, 0) is 69.9 Å². The maximum Gasteiger partial charge on any atom is 0.264 e. The lowest BCUT2D eigenvalue weighted by atomic mass is 9.95. The van der Waals surface area contributed by atoms with E-state index in [2.05, 4.69) is 5.32 Å². The van der Waals surface area contributed by atoms with E-state index < -0.39 is 28.5 Å². The smallest absolute Gasteiger partial charge is 0.264 e. The highest BCUT2D eigenvalue weighted by molar-refractivity contribution is 7.92. The van der Waals surface area contributed by atoms with Crippen molar-refractivity contribution in [3.05, 3.63) is 95.1 Å². The van der Waals surface area contributed by atoms with Crippen molar-refractivity contribution >= 4 is 27.5 Å². The molecule has 1 saturated carbocycles. The lowest BCUT2D eigenvalue weighted by Crippen LogP contribution is -2.53. The van der Waals surface area contributed by atoms with Crippen molar-refractivity contribution in [3.8, 4) is 0 Å². The molecule has 218 valence electrons. The van der Waals surface area contributed by atoms with Crippen LogP contribution >= 0.6 is 0 Å². The van der Waals surface area contributed by atoms with Crippen LogP contribution in [0.2, 0.25) is 0 Å². The molecule has 3 aromatic carbocycles. The molecule has 1 fully saturated rings. The van der Waals surface area contributed by atoms with Gasteiger partial charge in [0, 0.05) is 12.6 Å². The van der Waals surface area contributed by atoms with Crippen molar-refractivity contribution in [1.82, 2.24) is 10.2 Å². The minimum absolute atomic E-state index is 0.0970. The minimum atomic E-state index is -4.08. The van der Waals surface area contributed by atoms with Gasteiger partial charge in [-0.3, -0.25) is 13.9 Å². The van der Waals surface area contributed by atoms with Crippen LogP contribution in [0.4, 0.5) is 5.69 Å². The Morgan fingerprint density at radius 2 is 1.56 bits per heavy atom. The zero-order valence-electron chi connectivity index (χ0n) is 24.5. The highest BCUT2D eigenvalue weighted by Gasteiger charge is 2.33. The van der Waals surface area contributed by atoms with Gasteiger partial charge in [0.05, 0.1) is 10.6 Å². The van der Waals surface area contributed by atoms with Gasteiger partial charge >= 0.3 is 0 Å². The Kier molecular flexibility index (Phi) is 9.86. The third-order valence-electron chi connectivity index (χ3n) is 7.79. The molecule has 1 atom stereocenters. The predicted molar refractivity (Wildman–Crippen MR) is 163 cm³/mol. The highest BCUT2D eigenvalue weighted by atomic mass is 32.2. The molecule has 1 aliphatic rings. The molecule has 0 radical (unpaired) electrons. The Morgan fingerprint density at radius 1 is 0.878 bits per heavy atom. The number of rotatable bonds is 10. The van der Waals surface area contributed by atoms with Crippen LogP contribution < -0.4 is 9.62 Å². The molecule has 41 heavy (non-hydrogen) atoms. The lowest BCUT2D eigenvalue weighted by molar-refractivity contribution is -0.139. The Morgan fingerprint density at radius 3 is 2.22 bits per heavy atom. The molecule has 0 bridgehead atoms. The van der Waals surface area contributed by atoms with Crippen LogP contribution in [0.5, 0.6) is 0 Å². The maximum atomic E-state index is 14.2. The molecular weight excluding hydrogens is 534 g/mol. The Hall–Kier alpha value is -3.65. The van der Waals surface area contributed by atoms with E-state index in [4.69, 9.17) is 0 Å². The number of carbonyl (C=O) groups is 2. The first-order chi connectivity index (χ1) is 19.6. The molecular formula is C33H41N3O4S. The van der Waals surface area contributed by atoms with E-state index in [0.29, 0.717) is 5.69 Å². The zero-order valence-corrected chi connectivity index (χ0v) is 25.3. The molecule has 3 aromatic rings. The first kappa shape index (κ1) is 30.3. The molecule has 1 N–H and O–H groups in total. The molecule has 0 aliphatic heterocycles. The minimum Gasteiger partial charge on any atom is -0.352 e. The topological polar surface area (TPSA) is 86.8 Å². The fraction of sp³-hybridized carbons (Fsp3) is 0.394. The van der Waals surface area contributed by atoms with Gasteiger partial charge in [-0.1, -0.05) is 85.0 Å². The van der Waals surface area contributed by atoms with Crippen LogP contribution in [0.3, 0.4) is 0 Å². The van der Waals surface area contributed by atoms with E-state index in [9.17, 15) is 18.0 Å². The summed E-state index contributed by atoms with van der Waals surface area (Å²) in [4.78, 5) is 29.2. The van der Waals surface area contributed by atoms with Gasteiger partial charge in [0.25, 0.3) is 10.0 Å². The van der Waals surface area contributed by atoms with Crippen molar-refractivity contribution in [3.63, 3.8) is 0 Å². The fourth-order valence-corrected chi connectivity index (χ4v) is 6.98. The molecule has 1 aliphatic carbocycles. The number of hydrogen-bond acceptors (Lipinski definition) is 4. The summed E-state index contributed by atoms with van der Waals surface area (Å²) in [6.45, 7) is 7.22. The number of nitrogens with one attached hydrogen (secondary N) is 1. The molecule has 4 rings (SSSR count). The SMILES string of the molecule is Cc1cccc(CN(C(=O)CN(c2ccc(C)cc2C)S(=O)(=O)c2ccccc2)[C@H](C)C(=O)NC2CCCCC2)c1. The van der Waals surface area contributed by atoms with E-state index in [1.807, 2.05) is 57.2 Å². The van der Waals surface area contributed by atoms with E-state index in [0.717, 1.165) is 47.9 Å². The Bertz CT molecular complexity index is 1470. The van der Waals surface area contributed by atoms with Gasteiger partial charge in [0.2, 0.25) is 11.8 Å². The van der Waals surface area contributed by atoms with Gasteiger partial charge in [0.1, 0.15) is 12.6 Å². The summed E-state index contributed by atoms with van der Waals surface area (Å²) < 4.78 is 29.1. The van der Waals surface area contributed by atoms with Crippen molar-refractivity contribution in [2.45, 2.75) is 83.3 Å². The van der Waals surface area contributed by atoms with Crippen LogP contribution in [0.25, 0.3) is 0 Å². The van der Waals surface area contributed by atoms with E-state index in [1.54, 1.807) is 31.2 Å². The average Bonchev–Trinajstić information content (AvgIpc) is 2.95.